The van der Waals surface area contributed by atoms with E-state index in [0.29, 0.717) is 33.7 Å². The molecule has 1 fully saturated rings. The molecule has 1 aliphatic rings. The van der Waals surface area contributed by atoms with Crippen LogP contribution in [0.25, 0.3) is 0 Å². The third kappa shape index (κ3) is 6.46. The second-order valence-electron chi connectivity index (χ2n) is 7.07. The highest BCUT2D eigenvalue weighted by molar-refractivity contribution is 6.31. The molecule has 8 heteroatoms. The summed E-state index contributed by atoms with van der Waals surface area (Å²) in [5.41, 5.74) is 1.21. The lowest BCUT2D eigenvalue weighted by molar-refractivity contribution is 0.0374. The van der Waals surface area contributed by atoms with Gasteiger partial charge in [0.05, 0.1) is 25.3 Å². The molecule has 0 amide bonds. The summed E-state index contributed by atoms with van der Waals surface area (Å²) >= 11 is 12.5. The molecule has 0 atom stereocenters. The number of nitrogens with zero attached hydrogens (tertiary/aromatic N) is 1. The predicted molar refractivity (Wildman–Crippen MR) is 117 cm³/mol. The second-order valence-corrected chi connectivity index (χ2v) is 7.88. The fourth-order valence-electron chi connectivity index (χ4n) is 3.28. The molecule has 164 valence electrons. The Bertz CT molecular complexity index is 812. The Morgan fingerprint density at radius 3 is 2.67 bits per heavy atom. The molecule has 0 spiro atoms. The number of ether oxygens (including phenoxy) is 3. The van der Waals surface area contributed by atoms with Crippen molar-refractivity contribution in [1.82, 2.24) is 10.2 Å². The Morgan fingerprint density at radius 1 is 1.13 bits per heavy atom. The van der Waals surface area contributed by atoms with Crippen LogP contribution < -0.4 is 14.8 Å². The van der Waals surface area contributed by atoms with E-state index in [-0.39, 0.29) is 6.61 Å². The van der Waals surface area contributed by atoms with Crippen molar-refractivity contribution in [2.24, 2.45) is 0 Å². The zero-order valence-electron chi connectivity index (χ0n) is 17.1. The number of hydrogen-bond donors (Lipinski definition) is 1. The zero-order valence-corrected chi connectivity index (χ0v) is 18.6. The van der Waals surface area contributed by atoms with Crippen LogP contribution >= 0.6 is 23.2 Å². The van der Waals surface area contributed by atoms with Crippen LogP contribution in [0.1, 0.15) is 17.5 Å². The third-order valence-electron chi connectivity index (χ3n) is 5.01. The zero-order chi connectivity index (χ0) is 21.3. The molecule has 0 unspecified atom stereocenters. The molecule has 1 saturated heterocycles. The largest absolute Gasteiger partial charge is 0.493 e. The first kappa shape index (κ1) is 23.1. The molecule has 3 rings (SSSR count). The summed E-state index contributed by atoms with van der Waals surface area (Å²) in [6.07, 6.45) is 1.05. The highest BCUT2D eigenvalue weighted by Crippen LogP contribution is 2.34. The minimum atomic E-state index is -0.412. The van der Waals surface area contributed by atoms with Gasteiger partial charge in [-0.25, -0.2) is 4.39 Å². The molecule has 1 heterocycles. The van der Waals surface area contributed by atoms with E-state index in [0.717, 1.165) is 51.4 Å². The highest BCUT2D eigenvalue weighted by Gasteiger charge is 2.14. The normalized spacial score (nSPS) is 14.7. The lowest BCUT2D eigenvalue weighted by Gasteiger charge is -2.26. The Morgan fingerprint density at radius 2 is 1.93 bits per heavy atom. The fraction of sp³-hybridized carbons (Fsp3) is 0.455. The molecule has 1 aliphatic heterocycles. The third-order valence-corrected chi connectivity index (χ3v) is 5.72. The van der Waals surface area contributed by atoms with Crippen LogP contribution in [0.4, 0.5) is 4.39 Å². The van der Waals surface area contributed by atoms with Gasteiger partial charge in [-0.05, 0) is 43.3 Å². The molecule has 0 bridgehead atoms. The maximum atomic E-state index is 14.0. The van der Waals surface area contributed by atoms with Gasteiger partial charge in [-0.15, -0.1) is 0 Å². The van der Waals surface area contributed by atoms with Gasteiger partial charge in [-0.1, -0.05) is 29.3 Å². The first-order valence-corrected chi connectivity index (χ1v) is 10.8. The Hall–Kier alpha value is -1.57. The molecule has 1 N–H and O–H groups in total. The number of methoxy groups -OCH3 is 1. The van der Waals surface area contributed by atoms with Crippen molar-refractivity contribution in [3.05, 3.63) is 57.3 Å². The van der Waals surface area contributed by atoms with E-state index in [1.165, 1.54) is 6.07 Å². The molecular weight excluding hydrogens is 430 g/mol. The van der Waals surface area contributed by atoms with Gasteiger partial charge in [0.1, 0.15) is 12.4 Å². The lowest BCUT2D eigenvalue weighted by atomic mass is 10.2. The number of hydrogen-bond acceptors (Lipinski definition) is 5. The topological polar surface area (TPSA) is 43.0 Å². The van der Waals surface area contributed by atoms with Crippen LogP contribution in [0.3, 0.4) is 0 Å². The van der Waals surface area contributed by atoms with E-state index < -0.39 is 5.82 Å². The molecular formula is C22H27Cl2FN2O3. The van der Waals surface area contributed by atoms with Crippen molar-refractivity contribution in [3.8, 4) is 11.5 Å². The number of morpholine rings is 1. The monoisotopic (exact) mass is 456 g/mol. The van der Waals surface area contributed by atoms with Crippen LogP contribution in [0.15, 0.2) is 30.3 Å². The smallest absolute Gasteiger partial charge is 0.163 e. The van der Waals surface area contributed by atoms with E-state index >= 15 is 0 Å². The highest BCUT2D eigenvalue weighted by atomic mass is 35.5. The van der Waals surface area contributed by atoms with E-state index in [1.807, 2.05) is 6.07 Å². The maximum Gasteiger partial charge on any atom is 0.163 e. The van der Waals surface area contributed by atoms with E-state index in [2.05, 4.69) is 10.2 Å². The summed E-state index contributed by atoms with van der Waals surface area (Å²) in [6, 6.07) is 8.07. The van der Waals surface area contributed by atoms with Crippen LogP contribution in [0.5, 0.6) is 11.5 Å². The van der Waals surface area contributed by atoms with Gasteiger partial charge in [-0.2, -0.15) is 0 Å². The SMILES string of the molecule is COc1cc(CNCCCN2CCOCC2)c(Cl)cc1OCc1c(F)cccc1Cl. The number of benzene rings is 2. The van der Waals surface area contributed by atoms with Gasteiger partial charge in [0.15, 0.2) is 11.5 Å². The van der Waals surface area contributed by atoms with Crippen LogP contribution in [0.2, 0.25) is 10.0 Å². The molecule has 0 radical (unpaired) electrons. The number of halogens is 3. The van der Waals surface area contributed by atoms with Crippen molar-refractivity contribution >= 4 is 23.2 Å². The van der Waals surface area contributed by atoms with Gasteiger partial charge in [-0.3, -0.25) is 4.90 Å². The van der Waals surface area contributed by atoms with E-state index in [4.69, 9.17) is 37.4 Å². The van der Waals surface area contributed by atoms with Crippen molar-refractivity contribution in [2.75, 3.05) is 46.5 Å². The minimum Gasteiger partial charge on any atom is -0.493 e. The lowest BCUT2D eigenvalue weighted by Crippen LogP contribution is -2.37. The minimum absolute atomic E-state index is 0.0165. The molecule has 30 heavy (non-hydrogen) atoms. The quantitative estimate of drug-likeness (QED) is 0.531. The average molecular weight is 457 g/mol. The van der Waals surface area contributed by atoms with Gasteiger partial charge in [0.2, 0.25) is 0 Å². The molecule has 5 nitrogen and oxygen atoms in total. The summed E-state index contributed by atoms with van der Waals surface area (Å²) in [7, 11) is 1.56. The summed E-state index contributed by atoms with van der Waals surface area (Å²) in [5, 5.41) is 4.30. The van der Waals surface area contributed by atoms with Crippen LogP contribution in [-0.4, -0.2) is 51.4 Å². The fourth-order valence-corrected chi connectivity index (χ4v) is 3.72. The summed E-state index contributed by atoms with van der Waals surface area (Å²) in [5.74, 6) is 0.570. The van der Waals surface area contributed by atoms with Gasteiger partial charge in [0, 0.05) is 36.3 Å². The van der Waals surface area contributed by atoms with Crippen LogP contribution in [-0.2, 0) is 17.9 Å². The molecule has 2 aromatic rings. The Kier molecular flexibility index (Phi) is 9.03. The molecule has 0 aliphatic carbocycles. The standard InChI is InChI=1S/C22H27Cl2FN2O3/c1-28-21-12-16(14-26-6-3-7-27-8-10-29-11-9-27)19(24)13-22(21)30-15-17-18(23)4-2-5-20(17)25/h2,4-5,12-13,26H,3,6-11,14-15H2,1H3. The second kappa shape index (κ2) is 11.7. The predicted octanol–water partition coefficient (Wildman–Crippen LogP) is 4.53. The molecule has 0 aromatic heterocycles. The van der Waals surface area contributed by atoms with Gasteiger partial charge >= 0.3 is 0 Å². The molecule has 0 saturated carbocycles. The first-order chi connectivity index (χ1) is 14.6. The van der Waals surface area contributed by atoms with Crippen LogP contribution in [0, 0.1) is 5.82 Å². The van der Waals surface area contributed by atoms with Crippen molar-refractivity contribution in [2.45, 2.75) is 19.6 Å². The first-order valence-electron chi connectivity index (χ1n) is 10.0. The van der Waals surface area contributed by atoms with E-state index in [1.54, 1.807) is 25.3 Å². The van der Waals surface area contributed by atoms with Gasteiger partial charge < -0.3 is 19.5 Å². The van der Waals surface area contributed by atoms with Gasteiger partial charge in [0.25, 0.3) is 0 Å². The number of rotatable bonds is 10. The maximum absolute atomic E-state index is 14.0. The average Bonchev–Trinajstić information content (AvgIpc) is 2.75. The number of nitrogens with one attached hydrogen (secondary N) is 1. The van der Waals surface area contributed by atoms with Crippen molar-refractivity contribution in [1.29, 1.82) is 0 Å². The Labute approximate surface area is 187 Å². The van der Waals surface area contributed by atoms with Crippen molar-refractivity contribution < 1.29 is 18.6 Å². The van der Waals surface area contributed by atoms with Crippen molar-refractivity contribution in [3.63, 3.8) is 0 Å². The molecule has 2 aromatic carbocycles. The summed E-state index contributed by atoms with van der Waals surface area (Å²) < 4.78 is 30.5. The summed E-state index contributed by atoms with van der Waals surface area (Å²) in [6.45, 7) is 6.19. The van der Waals surface area contributed by atoms with E-state index in [9.17, 15) is 4.39 Å². The summed E-state index contributed by atoms with van der Waals surface area (Å²) in [4.78, 5) is 2.41. The Balaban J connectivity index is 1.53.